The van der Waals surface area contributed by atoms with Gasteiger partial charge in [-0.3, -0.25) is 0 Å². The van der Waals surface area contributed by atoms with Crippen LogP contribution in [0.1, 0.15) is 0 Å². The molecular formula is C14H16Cl2O2S. The highest BCUT2D eigenvalue weighted by Gasteiger charge is 1.98. The van der Waals surface area contributed by atoms with Gasteiger partial charge in [0.05, 0.1) is 14.2 Å². The van der Waals surface area contributed by atoms with Crippen LogP contribution in [0.5, 0.6) is 11.5 Å². The molecule has 0 amide bonds. The van der Waals surface area contributed by atoms with Crippen LogP contribution in [0.3, 0.4) is 0 Å². The molecule has 0 atom stereocenters. The lowest BCUT2D eigenvalue weighted by molar-refractivity contribution is 0.414. The lowest BCUT2D eigenvalue weighted by Crippen LogP contribution is -1.82. The quantitative estimate of drug-likeness (QED) is 0.814. The molecule has 0 saturated carbocycles. The summed E-state index contributed by atoms with van der Waals surface area (Å²) in [4.78, 5) is 2.38. The van der Waals surface area contributed by atoms with Gasteiger partial charge in [-0.1, -0.05) is 11.8 Å². The Morgan fingerprint density at radius 2 is 0.947 bits per heavy atom. The predicted molar refractivity (Wildman–Crippen MR) is 84.6 cm³/mol. The topological polar surface area (TPSA) is 18.5 Å². The fraction of sp³-hybridized carbons (Fsp3) is 0.143. The van der Waals surface area contributed by atoms with E-state index in [4.69, 9.17) is 9.47 Å². The summed E-state index contributed by atoms with van der Waals surface area (Å²) in [6.07, 6.45) is 0. The summed E-state index contributed by atoms with van der Waals surface area (Å²) >= 11 is 1.71. The minimum atomic E-state index is 0. The van der Waals surface area contributed by atoms with Crippen LogP contribution in [0.2, 0.25) is 0 Å². The van der Waals surface area contributed by atoms with Gasteiger partial charge >= 0.3 is 0 Å². The van der Waals surface area contributed by atoms with E-state index in [9.17, 15) is 0 Å². The van der Waals surface area contributed by atoms with Crippen molar-refractivity contribution in [3.63, 3.8) is 0 Å². The second kappa shape index (κ2) is 8.97. The van der Waals surface area contributed by atoms with Crippen molar-refractivity contribution >= 4 is 36.6 Å². The van der Waals surface area contributed by atoms with Crippen LogP contribution in [-0.2, 0) is 0 Å². The first-order chi connectivity index (χ1) is 8.31. The van der Waals surface area contributed by atoms with E-state index in [0.717, 1.165) is 11.5 Å². The molecule has 104 valence electrons. The average molecular weight is 319 g/mol. The third kappa shape index (κ3) is 5.23. The van der Waals surface area contributed by atoms with Gasteiger partial charge in [-0.25, -0.2) is 0 Å². The lowest BCUT2D eigenvalue weighted by atomic mass is 10.3. The average Bonchev–Trinajstić information content (AvgIpc) is 2.40. The normalized spacial score (nSPS) is 8.95. The second-order valence-electron chi connectivity index (χ2n) is 3.45. The first kappa shape index (κ1) is 18.0. The maximum Gasteiger partial charge on any atom is 0.118 e. The molecule has 0 radical (unpaired) electrons. The van der Waals surface area contributed by atoms with Gasteiger partial charge in [0.25, 0.3) is 0 Å². The van der Waals surface area contributed by atoms with Crippen molar-refractivity contribution in [2.24, 2.45) is 0 Å². The van der Waals surface area contributed by atoms with Crippen molar-refractivity contribution in [1.82, 2.24) is 0 Å². The van der Waals surface area contributed by atoms with Crippen molar-refractivity contribution in [3.05, 3.63) is 48.5 Å². The van der Waals surface area contributed by atoms with Gasteiger partial charge in [0, 0.05) is 9.79 Å². The Morgan fingerprint density at radius 1 is 0.632 bits per heavy atom. The molecule has 2 aromatic rings. The van der Waals surface area contributed by atoms with Gasteiger partial charge in [-0.15, -0.1) is 24.8 Å². The monoisotopic (exact) mass is 318 g/mol. The zero-order valence-electron chi connectivity index (χ0n) is 10.7. The van der Waals surface area contributed by atoms with E-state index < -0.39 is 0 Å². The zero-order chi connectivity index (χ0) is 12.1. The van der Waals surface area contributed by atoms with Crippen molar-refractivity contribution < 1.29 is 9.47 Å². The molecule has 2 nitrogen and oxygen atoms in total. The van der Waals surface area contributed by atoms with Crippen molar-refractivity contribution in [1.29, 1.82) is 0 Å². The fourth-order valence-corrected chi connectivity index (χ4v) is 2.24. The van der Waals surface area contributed by atoms with Gasteiger partial charge in [0.15, 0.2) is 0 Å². The van der Waals surface area contributed by atoms with E-state index in [1.165, 1.54) is 9.79 Å². The molecule has 0 aliphatic rings. The van der Waals surface area contributed by atoms with Gasteiger partial charge in [0.2, 0.25) is 0 Å². The van der Waals surface area contributed by atoms with Gasteiger partial charge in [-0.05, 0) is 48.5 Å². The number of ether oxygens (including phenoxy) is 2. The highest BCUT2D eigenvalue weighted by molar-refractivity contribution is 7.99. The van der Waals surface area contributed by atoms with E-state index in [2.05, 4.69) is 0 Å². The van der Waals surface area contributed by atoms with Crippen molar-refractivity contribution in [2.45, 2.75) is 9.79 Å². The molecule has 0 aliphatic carbocycles. The third-order valence-electron chi connectivity index (χ3n) is 2.35. The molecule has 5 heteroatoms. The lowest BCUT2D eigenvalue weighted by Gasteiger charge is -2.04. The van der Waals surface area contributed by atoms with Crippen LogP contribution >= 0.6 is 36.6 Å². The Balaban J connectivity index is 0.00000162. The number of methoxy groups -OCH3 is 2. The maximum atomic E-state index is 5.12. The first-order valence-electron chi connectivity index (χ1n) is 5.28. The van der Waals surface area contributed by atoms with Crippen LogP contribution in [0, 0.1) is 0 Å². The van der Waals surface area contributed by atoms with E-state index in [-0.39, 0.29) is 24.8 Å². The maximum absolute atomic E-state index is 5.12. The van der Waals surface area contributed by atoms with Crippen molar-refractivity contribution in [2.75, 3.05) is 14.2 Å². The predicted octanol–water partition coefficient (Wildman–Crippen LogP) is 4.70. The summed E-state index contributed by atoms with van der Waals surface area (Å²) in [5.74, 6) is 1.76. The van der Waals surface area contributed by atoms with Gasteiger partial charge in [-0.2, -0.15) is 0 Å². The molecule has 2 aromatic carbocycles. The van der Waals surface area contributed by atoms with Crippen LogP contribution in [0.25, 0.3) is 0 Å². The Labute approximate surface area is 130 Å². The Morgan fingerprint density at radius 3 is 1.21 bits per heavy atom. The molecule has 0 N–H and O–H groups in total. The first-order valence-corrected chi connectivity index (χ1v) is 6.09. The number of hydrogen-bond acceptors (Lipinski definition) is 3. The highest BCUT2D eigenvalue weighted by atomic mass is 35.5. The molecule has 0 heterocycles. The molecule has 0 bridgehead atoms. The molecule has 0 spiro atoms. The molecular weight excluding hydrogens is 303 g/mol. The number of halogens is 2. The zero-order valence-corrected chi connectivity index (χ0v) is 13.1. The largest absolute Gasteiger partial charge is 0.497 e. The van der Waals surface area contributed by atoms with Crippen LogP contribution in [0.4, 0.5) is 0 Å². The van der Waals surface area contributed by atoms with Gasteiger partial charge < -0.3 is 9.47 Å². The van der Waals surface area contributed by atoms with E-state index in [0.29, 0.717) is 0 Å². The van der Waals surface area contributed by atoms with E-state index in [1.54, 1.807) is 26.0 Å². The molecule has 0 aromatic heterocycles. The SMILES string of the molecule is COc1ccc(Sc2ccc(OC)cc2)cc1.Cl.Cl. The summed E-state index contributed by atoms with van der Waals surface area (Å²) in [5, 5.41) is 0. The van der Waals surface area contributed by atoms with E-state index in [1.807, 2.05) is 48.5 Å². The standard InChI is InChI=1S/C14H14O2S.2ClH/c1-15-11-3-7-13(8-4-11)17-14-9-5-12(16-2)6-10-14;;/h3-10H,1-2H3;2*1H. The molecule has 0 aliphatic heterocycles. The summed E-state index contributed by atoms with van der Waals surface area (Å²) in [7, 11) is 3.34. The van der Waals surface area contributed by atoms with Crippen molar-refractivity contribution in [3.8, 4) is 11.5 Å². The van der Waals surface area contributed by atoms with Crippen LogP contribution in [0.15, 0.2) is 58.3 Å². The van der Waals surface area contributed by atoms with Crippen LogP contribution in [-0.4, -0.2) is 14.2 Å². The smallest absolute Gasteiger partial charge is 0.118 e. The fourth-order valence-electron chi connectivity index (χ4n) is 1.42. The summed E-state index contributed by atoms with van der Waals surface area (Å²) < 4.78 is 10.2. The summed E-state index contributed by atoms with van der Waals surface area (Å²) in [5.41, 5.74) is 0. The molecule has 2 rings (SSSR count). The number of rotatable bonds is 4. The second-order valence-corrected chi connectivity index (χ2v) is 4.60. The van der Waals surface area contributed by atoms with Crippen LogP contribution < -0.4 is 9.47 Å². The minimum absolute atomic E-state index is 0. The Hall–Kier alpha value is -1.03. The summed E-state index contributed by atoms with van der Waals surface area (Å²) in [6.45, 7) is 0. The third-order valence-corrected chi connectivity index (χ3v) is 3.37. The number of hydrogen-bond donors (Lipinski definition) is 0. The minimum Gasteiger partial charge on any atom is -0.497 e. The molecule has 0 fully saturated rings. The van der Waals surface area contributed by atoms with Gasteiger partial charge in [0.1, 0.15) is 11.5 Å². The Bertz CT molecular complexity index is 426. The summed E-state index contributed by atoms with van der Waals surface area (Å²) in [6, 6.07) is 16.1. The Kier molecular flexibility index (Phi) is 8.48. The number of benzene rings is 2. The highest BCUT2D eigenvalue weighted by Crippen LogP contribution is 2.29. The molecule has 0 unspecified atom stereocenters. The molecule has 19 heavy (non-hydrogen) atoms. The van der Waals surface area contributed by atoms with E-state index >= 15 is 0 Å². The molecule has 0 saturated heterocycles.